The van der Waals surface area contributed by atoms with E-state index in [0.717, 1.165) is 50.0 Å². The summed E-state index contributed by atoms with van der Waals surface area (Å²) in [4.78, 5) is 14.0. The van der Waals surface area contributed by atoms with Crippen LogP contribution in [0, 0.1) is 0 Å². The van der Waals surface area contributed by atoms with Gasteiger partial charge in [-0.25, -0.2) is 4.79 Å². The van der Waals surface area contributed by atoms with Crippen LogP contribution in [-0.4, -0.2) is 30.6 Å². The summed E-state index contributed by atoms with van der Waals surface area (Å²) >= 11 is 0. The van der Waals surface area contributed by atoms with Crippen molar-refractivity contribution in [3.63, 3.8) is 0 Å². The number of amides is 2. The topological polar surface area (TPSA) is 67.6 Å². The lowest BCUT2D eigenvalue weighted by Crippen LogP contribution is -2.29. The summed E-state index contributed by atoms with van der Waals surface area (Å²) in [6.45, 7) is 5.70. The van der Waals surface area contributed by atoms with E-state index in [1.165, 1.54) is 5.56 Å². The molecule has 0 aliphatic heterocycles. The van der Waals surface area contributed by atoms with Crippen molar-refractivity contribution in [3.8, 4) is 5.75 Å². The summed E-state index contributed by atoms with van der Waals surface area (Å²) < 4.78 is 5.95. The highest BCUT2D eigenvalue weighted by atomic mass is 16.5. The molecule has 32 heavy (non-hydrogen) atoms. The zero-order valence-electron chi connectivity index (χ0n) is 18.8. The number of anilines is 1. The van der Waals surface area contributed by atoms with Crippen molar-refractivity contribution in [2.75, 3.05) is 25.0 Å². The molecule has 0 atom stereocenters. The van der Waals surface area contributed by atoms with Crippen LogP contribution in [0.5, 0.6) is 5.75 Å². The Morgan fingerprint density at radius 2 is 1.47 bits per heavy atom. The van der Waals surface area contributed by atoms with Crippen molar-refractivity contribution in [2.45, 2.75) is 32.8 Å². The van der Waals surface area contributed by atoms with E-state index in [4.69, 9.17) is 10.5 Å². The molecule has 0 unspecified atom stereocenters. The highest BCUT2D eigenvalue weighted by Gasteiger charge is 2.10. The summed E-state index contributed by atoms with van der Waals surface area (Å²) in [6.07, 6.45) is 3.05. The second-order valence-electron chi connectivity index (χ2n) is 7.92. The second-order valence-corrected chi connectivity index (χ2v) is 7.92. The number of primary amides is 1. The lowest BCUT2D eigenvalue weighted by atomic mass is 10.1. The number of benzene rings is 3. The molecule has 3 aromatic rings. The van der Waals surface area contributed by atoms with Crippen LogP contribution >= 0.6 is 0 Å². The highest BCUT2D eigenvalue weighted by molar-refractivity contribution is 5.89. The monoisotopic (exact) mass is 431 g/mol. The standard InChI is InChI=1S/C27H33N3O2/c1-2-17-30(18-15-22-9-5-3-6-10-22)19-16-23-13-14-26(25(20-23)29-27(28)31)32-21-24-11-7-4-8-12-24/h3-14,20H,2,15-19,21H2,1H3,(H3,28,29,31). The predicted molar refractivity (Wildman–Crippen MR) is 131 cm³/mol. The van der Waals surface area contributed by atoms with Crippen LogP contribution in [0.3, 0.4) is 0 Å². The van der Waals surface area contributed by atoms with E-state index < -0.39 is 6.03 Å². The molecule has 0 saturated heterocycles. The Morgan fingerprint density at radius 3 is 2.09 bits per heavy atom. The highest BCUT2D eigenvalue weighted by Crippen LogP contribution is 2.27. The fourth-order valence-electron chi connectivity index (χ4n) is 3.69. The summed E-state index contributed by atoms with van der Waals surface area (Å²) in [6, 6.07) is 25.9. The largest absolute Gasteiger partial charge is 0.487 e. The van der Waals surface area contributed by atoms with Crippen LogP contribution < -0.4 is 15.8 Å². The molecule has 0 fully saturated rings. The average Bonchev–Trinajstić information content (AvgIpc) is 2.81. The van der Waals surface area contributed by atoms with Gasteiger partial charge in [0.25, 0.3) is 0 Å². The molecule has 0 aliphatic carbocycles. The van der Waals surface area contributed by atoms with Gasteiger partial charge in [0.15, 0.2) is 0 Å². The number of hydrogen-bond donors (Lipinski definition) is 2. The molecule has 5 heteroatoms. The average molecular weight is 432 g/mol. The van der Waals surface area contributed by atoms with Gasteiger partial charge in [0, 0.05) is 13.1 Å². The van der Waals surface area contributed by atoms with Crippen LogP contribution in [0.4, 0.5) is 10.5 Å². The van der Waals surface area contributed by atoms with Crippen molar-refractivity contribution in [1.82, 2.24) is 4.90 Å². The molecule has 0 bridgehead atoms. The number of ether oxygens (including phenoxy) is 1. The molecule has 0 spiro atoms. The van der Waals surface area contributed by atoms with E-state index in [0.29, 0.717) is 18.0 Å². The van der Waals surface area contributed by atoms with Gasteiger partial charge in [0.1, 0.15) is 12.4 Å². The molecule has 5 nitrogen and oxygen atoms in total. The molecule has 3 N–H and O–H groups in total. The number of carbonyl (C=O) groups is 1. The molecule has 0 aliphatic rings. The number of hydrogen-bond acceptors (Lipinski definition) is 3. The van der Waals surface area contributed by atoms with E-state index in [2.05, 4.69) is 53.5 Å². The maximum absolute atomic E-state index is 11.5. The molecule has 168 valence electrons. The van der Waals surface area contributed by atoms with E-state index >= 15 is 0 Å². The number of nitrogens with one attached hydrogen (secondary N) is 1. The minimum atomic E-state index is -0.595. The number of rotatable bonds is 12. The Labute approximate surface area is 191 Å². The first kappa shape index (κ1) is 23.4. The van der Waals surface area contributed by atoms with Crippen molar-refractivity contribution in [3.05, 3.63) is 95.6 Å². The summed E-state index contributed by atoms with van der Waals surface area (Å²) in [5, 5.41) is 2.71. The molecule has 3 rings (SSSR count). The Kier molecular flexibility index (Phi) is 9.14. The number of carbonyl (C=O) groups excluding carboxylic acids is 1. The Bertz CT molecular complexity index is 961. The van der Waals surface area contributed by atoms with Gasteiger partial charge in [-0.05, 0) is 54.6 Å². The van der Waals surface area contributed by atoms with Crippen LogP contribution in [0.1, 0.15) is 30.0 Å². The zero-order valence-corrected chi connectivity index (χ0v) is 18.8. The predicted octanol–water partition coefficient (Wildman–Crippen LogP) is 5.25. The van der Waals surface area contributed by atoms with Crippen molar-refractivity contribution < 1.29 is 9.53 Å². The normalized spacial score (nSPS) is 10.8. The van der Waals surface area contributed by atoms with Gasteiger partial charge in [0.2, 0.25) is 0 Å². The van der Waals surface area contributed by atoms with E-state index in [-0.39, 0.29) is 0 Å². The second kappa shape index (κ2) is 12.5. The fourth-order valence-corrected chi connectivity index (χ4v) is 3.69. The van der Waals surface area contributed by atoms with Gasteiger partial charge in [-0.1, -0.05) is 73.7 Å². The number of urea groups is 1. The van der Waals surface area contributed by atoms with Crippen LogP contribution in [0.15, 0.2) is 78.9 Å². The van der Waals surface area contributed by atoms with Crippen LogP contribution in [0.25, 0.3) is 0 Å². The first-order chi connectivity index (χ1) is 15.6. The Morgan fingerprint density at radius 1 is 0.844 bits per heavy atom. The maximum atomic E-state index is 11.5. The minimum absolute atomic E-state index is 0.428. The zero-order chi connectivity index (χ0) is 22.6. The van der Waals surface area contributed by atoms with Crippen molar-refractivity contribution in [2.24, 2.45) is 5.73 Å². The van der Waals surface area contributed by atoms with Crippen LogP contribution in [-0.2, 0) is 19.4 Å². The molecule has 0 heterocycles. The molecule has 2 amide bonds. The minimum Gasteiger partial charge on any atom is -0.487 e. The molecule has 0 radical (unpaired) electrons. The van der Waals surface area contributed by atoms with Crippen molar-refractivity contribution in [1.29, 1.82) is 0 Å². The third-order valence-corrected chi connectivity index (χ3v) is 5.36. The third-order valence-electron chi connectivity index (χ3n) is 5.36. The van der Waals surface area contributed by atoms with Gasteiger partial charge in [-0.3, -0.25) is 0 Å². The lowest BCUT2D eigenvalue weighted by molar-refractivity contribution is 0.259. The molecular formula is C27H33N3O2. The Hall–Kier alpha value is -3.31. The quantitative estimate of drug-likeness (QED) is 0.411. The van der Waals surface area contributed by atoms with Gasteiger partial charge in [-0.2, -0.15) is 0 Å². The van der Waals surface area contributed by atoms with E-state index in [9.17, 15) is 4.79 Å². The van der Waals surface area contributed by atoms with Gasteiger partial charge in [-0.15, -0.1) is 0 Å². The summed E-state index contributed by atoms with van der Waals surface area (Å²) in [5.41, 5.74) is 9.57. The molecular weight excluding hydrogens is 398 g/mol. The van der Waals surface area contributed by atoms with Gasteiger partial charge < -0.3 is 20.7 Å². The first-order valence-corrected chi connectivity index (χ1v) is 11.3. The smallest absolute Gasteiger partial charge is 0.316 e. The summed E-state index contributed by atoms with van der Waals surface area (Å²) in [5.74, 6) is 0.617. The number of nitrogens with zero attached hydrogens (tertiary/aromatic N) is 1. The van der Waals surface area contributed by atoms with Gasteiger partial charge in [0.05, 0.1) is 5.69 Å². The number of nitrogens with two attached hydrogens (primary N) is 1. The van der Waals surface area contributed by atoms with Gasteiger partial charge >= 0.3 is 6.03 Å². The summed E-state index contributed by atoms with van der Waals surface area (Å²) in [7, 11) is 0. The lowest BCUT2D eigenvalue weighted by Gasteiger charge is -2.22. The molecule has 3 aromatic carbocycles. The van der Waals surface area contributed by atoms with E-state index in [1.807, 2.05) is 42.5 Å². The Balaban J connectivity index is 1.61. The fraction of sp³-hybridized carbons (Fsp3) is 0.296. The van der Waals surface area contributed by atoms with Crippen molar-refractivity contribution >= 4 is 11.7 Å². The SMILES string of the molecule is CCCN(CCc1ccccc1)CCc1ccc(OCc2ccccc2)c(NC(N)=O)c1. The van der Waals surface area contributed by atoms with E-state index in [1.54, 1.807) is 0 Å². The first-order valence-electron chi connectivity index (χ1n) is 11.3. The molecule has 0 saturated carbocycles. The molecule has 0 aromatic heterocycles. The van der Waals surface area contributed by atoms with Crippen LogP contribution in [0.2, 0.25) is 0 Å². The third kappa shape index (κ3) is 7.75. The maximum Gasteiger partial charge on any atom is 0.316 e.